The lowest BCUT2D eigenvalue weighted by atomic mass is 10.3. The first kappa shape index (κ1) is 28.2. The summed E-state index contributed by atoms with van der Waals surface area (Å²) in [5, 5.41) is 0. The van der Waals surface area contributed by atoms with Gasteiger partial charge in [0.05, 0.1) is 0 Å². The van der Waals surface area contributed by atoms with Crippen LogP contribution in [0.15, 0.2) is 0 Å². The average molecular weight is 479 g/mol. The van der Waals surface area contributed by atoms with Crippen molar-refractivity contribution < 1.29 is 26.6 Å². The van der Waals surface area contributed by atoms with E-state index in [1.54, 1.807) is 42.7 Å². The average Bonchev–Trinajstić information content (AvgIpc) is 2.72. The first-order valence-electron chi connectivity index (χ1n) is 9.29. The van der Waals surface area contributed by atoms with Gasteiger partial charge in [0.25, 0.3) is 0 Å². The van der Waals surface area contributed by atoms with E-state index in [0.29, 0.717) is 0 Å². The molecule has 0 aromatic carbocycles. The highest BCUT2D eigenvalue weighted by Gasteiger charge is 2.37. The van der Waals surface area contributed by atoms with Crippen molar-refractivity contribution in [1.82, 2.24) is 0 Å². The highest BCUT2D eigenvalue weighted by molar-refractivity contribution is 9.09. The molecule has 0 fully saturated rings. The maximum Gasteiger partial charge on any atom is 0.500 e. The minimum absolute atomic E-state index is 0.891. The van der Waals surface area contributed by atoms with Gasteiger partial charge in [-0.05, 0) is 35.5 Å². The van der Waals surface area contributed by atoms with E-state index >= 15 is 0 Å². The Morgan fingerprint density at radius 2 is 0.815 bits per heavy atom. The second kappa shape index (κ2) is 18.0. The van der Waals surface area contributed by atoms with Crippen molar-refractivity contribution in [1.29, 1.82) is 0 Å². The Morgan fingerprint density at radius 1 is 0.481 bits per heavy atom. The lowest BCUT2D eigenvalue weighted by Crippen LogP contribution is -2.42. The molecule has 0 aliphatic heterocycles. The molecule has 0 aromatic heterocycles. The number of unbranched alkanes of at least 4 members (excludes halogenated alkanes) is 4. The lowest BCUT2D eigenvalue weighted by molar-refractivity contribution is 0.122. The van der Waals surface area contributed by atoms with E-state index in [4.69, 9.17) is 26.6 Å². The van der Waals surface area contributed by atoms with Crippen LogP contribution in [0.1, 0.15) is 38.5 Å². The summed E-state index contributed by atoms with van der Waals surface area (Å²) in [4.78, 5) is 0. The van der Waals surface area contributed by atoms with Crippen LogP contribution in [0.2, 0.25) is 12.1 Å². The molecule has 0 atom stereocenters. The van der Waals surface area contributed by atoms with Crippen molar-refractivity contribution in [3.05, 3.63) is 0 Å². The van der Waals surface area contributed by atoms with Crippen molar-refractivity contribution in [2.75, 3.05) is 54.2 Å². The Labute approximate surface area is 180 Å². The van der Waals surface area contributed by atoms with Crippen LogP contribution in [0, 0.1) is 0 Å². The van der Waals surface area contributed by atoms with E-state index in [9.17, 15) is 0 Å². The van der Waals surface area contributed by atoms with Crippen LogP contribution in [0.5, 0.6) is 0 Å². The topological polar surface area (TPSA) is 55.4 Å². The molecule has 0 bridgehead atoms. The largest absolute Gasteiger partial charge is 0.500 e. The normalized spacial score (nSPS) is 12.7. The van der Waals surface area contributed by atoms with Gasteiger partial charge in [0, 0.05) is 66.3 Å². The van der Waals surface area contributed by atoms with Crippen molar-refractivity contribution >= 4 is 49.0 Å². The maximum atomic E-state index is 5.44. The van der Waals surface area contributed by atoms with Crippen molar-refractivity contribution in [2.45, 2.75) is 50.6 Å². The zero-order valence-electron chi connectivity index (χ0n) is 17.7. The SMILES string of the molecule is CO[Si](CCCCCSSSCCCCC[Si](OC)(OC)OC)(OC)OC. The summed E-state index contributed by atoms with van der Waals surface area (Å²) in [5.74, 6) is 2.37. The Kier molecular flexibility index (Phi) is 18.9. The fraction of sp³-hybridized carbons (Fsp3) is 1.00. The molecule has 0 saturated heterocycles. The summed E-state index contributed by atoms with van der Waals surface area (Å²) < 4.78 is 32.6. The monoisotopic (exact) mass is 478 g/mol. The van der Waals surface area contributed by atoms with E-state index in [2.05, 4.69) is 0 Å². The zero-order valence-corrected chi connectivity index (χ0v) is 22.2. The third-order valence-electron chi connectivity index (χ3n) is 4.38. The van der Waals surface area contributed by atoms with Crippen molar-refractivity contribution in [2.24, 2.45) is 0 Å². The molecule has 0 spiro atoms. The predicted octanol–water partition coefficient (Wildman–Crippen LogP) is 5.11. The van der Waals surface area contributed by atoms with Gasteiger partial charge in [-0.2, -0.15) is 0 Å². The Bertz CT molecular complexity index is 291. The van der Waals surface area contributed by atoms with E-state index in [0.717, 1.165) is 24.9 Å². The molecule has 0 saturated carbocycles. The van der Waals surface area contributed by atoms with Gasteiger partial charge in [-0.1, -0.05) is 34.4 Å². The van der Waals surface area contributed by atoms with Crippen molar-refractivity contribution in [3.63, 3.8) is 0 Å². The number of hydrogen-bond acceptors (Lipinski definition) is 9. The molecule has 27 heavy (non-hydrogen) atoms. The molecule has 0 radical (unpaired) electrons. The first-order chi connectivity index (χ1) is 13.1. The number of rotatable bonds is 20. The van der Waals surface area contributed by atoms with Crippen LogP contribution in [-0.2, 0) is 26.6 Å². The molecule has 11 heteroatoms. The molecule has 0 rings (SSSR count). The molecule has 0 unspecified atom stereocenters. The standard InChI is InChI=1S/C16H38O6S3Si2/c1-17-26(18-2,19-3)15-11-7-9-13-23-25-24-14-10-8-12-16-27(20-4,21-5)22-6/h7-16H2,1-6H3. The summed E-state index contributed by atoms with van der Waals surface area (Å²) in [6.45, 7) is 0. The van der Waals surface area contributed by atoms with E-state index < -0.39 is 17.6 Å². The molecular weight excluding hydrogens is 441 g/mol. The molecule has 0 amide bonds. The van der Waals surface area contributed by atoms with Crippen LogP contribution in [0.3, 0.4) is 0 Å². The Balaban J connectivity index is 3.46. The molecule has 164 valence electrons. The quantitative estimate of drug-likeness (QED) is 0.135. The molecule has 0 aliphatic carbocycles. The maximum absolute atomic E-state index is 5.44. The fourth-order valence-corrected chi connectivity index (χ4v) is 10.2. The van der Waals surface area contributed by atoms with E-state index in [-0.39, 0.29) is 0 Å². The van der Waals surface area contributed by atoms with Gasteiger partial charge in [-0.15, -0.1) is 0 Å². The molecule has 0 aromatic rings. The Hall–Kier alpha value is 1.24. The summed E-state index contributed by atoms with van der Waals surface area (Å²) in [7, 11) is 11.1. The van der Waals surface area contributed by atoms with Crippen LogP contribution in [0.25, 0.3) is 0 Å². The van der Waals surface area contributed by atoms with Gasteiger partial charge in [0.15, 0.2) is 0 Å². The van der Waals surface area contributed by atoms with Gasteiger partial charge in [0.1, 0.15) is 0 Å². The van der Waals surface area contributed by atoms with Gasteiger partial charge in [-0.25, -0.2) is 0 Å². The second-order valence-electron chi connectivity index (χ2n) is 5.92. The summed E-state index contributed by atoms with van der Waals surface area (Å²) in [5.41, 5.74) is 0. The highest BCUT2D eigenvalue weighted by atomic mass is 33.5. The van der Waals surface area contributed by atoms with Crippen LogP contribution < -0.4 is 0 Å². The second-order valence-corrected chi connectivity index (χ2v) is 16.6. The fourth-order valence-electron chi connectivity index (χ4n) is 2.57. The number of hydrogen-bond donors (Lipinski definition) is 0. The third kappa shape index (κ3) is 12.5. The predicted molar refractivity (Wildman–Crippen MR) is 123 cm³/mol. The van der Waals surface area contributed by atoms with E-state index in [1.807, 2.05) is 31.4 Å². The smallest absolute Gasteiger partial charge is 0.377 e. The minimum atomic E-state index is -2.37. The van der Waals surface area contributed by atoms with Gasteiger partial charge in [-0.3, -0.25) is 0 Å². The van der Waals surface area contributed by atoms with Crippen molar-refractivity contribution in [3.8, 4) is 0 Å². The molecular formula is C16H38O6S3Si2. The van der Waals surface area contributed by atoms with Crippen LogP contribution >= 0.6 is 31.4 Å². The Morgan fingerprint density at radius 3 is 1.11 bits per heavy atom. The van der Waals surface area contributed by atoms with Gasteiger partial charge >= 0.3 is 17.6 Å². The third-order valence-corrected chi connectivity index (χ3v) is 14.5. The molecule has 6 nitrogen and oxygen atoms in total. The zero-order chi connectivity index (χ0) is 20.4. The molecule has 0 N–H and O–H groups in total. The summed E-state index contributed by atoms with van der Waals surface area (Å²) in [6, 6.07) is 1.78. The summed E-state index contributed by atoms with van der Waals surface area (Å²) in [6.07, 6.45) is 7.00. The van der Waals surface area contributed by atoms with Gasteiger partial charge < -0.3 is 26.6 Å². The van der Waals surface area contributed by atoms with Crippen LogP contribution in [-0.4, -0.2) is 71.8 Å². The highest BCUT2D eigenvalue weighted by Crippen LogP contribution is 2.36. The van der Waals surface area contributed by atoms with Crippen LogP contribution in [0.4, 0.5) is 0 Å². The van der Waals surface area contributed by atoms with Gasteiger partial charge in [0.2, 0.25) is 0 Å². The molecule has 0 heterocycles. The first-order valence-corrected chi connectivity index (χ1v) is 17.0. The van der Waals surface area contributed by atoms with E-state index in [1.165, 1.54) is 37.2 Å². The summed E-state index contributed by atoms with van der Waals surface area (Å²) >= 11 is 0. The lowest BCUT2D eigenvalue weighted by Gasteiger charge is -2.24. The minimum Gasteiger partial charge on any atom is -0.377 e. The molecule has 0 aliphatic rings.